The van der Waals surface area contributed by atoms with Crippen molar-refractivity contribution in [3.63, 3.8) is 0 Å². The van der Waals surface area contributed by atoms with Crippen LogP contribution in [0.25, 0.3) is 0 Å². The van der Waals surface area contributed by atoms with E-state index in [2.05, 4.69) is 44.7 Å². The second kappa shape index (κ2) is 8.65. The van der Waals surface area contributed by atoms with Gasteiger partial charge in [0.15, 0.2) is 0 Å². The number of unbranched alkanes of at least 4 members (excludes halogenated alkanes) is 1. The number of amides is 2. The van der Waals surface area contributed by atoms with Crippen LogP contribution < -0.4 is 15.5 Å². The number of nitrogens with zero attached hydrogens (tertiary/aromatic N) is 2. The molecule has 2 unspecified atom stereocenters. The first-order chi connectivity index (χ1) is 15.7. The summed E-state index contributed by atoms with van der Waals surface area (Å²) in [6, 6.07) is 14.3. The van der Waals surface area contributed by atoms with Crippen LogP contribution in [0.4, 0.5) is 17.1 Å². The molecule has 2 aromatic carbocycles. The second-order valence-electron chi connectivity index (χ2n) is 9.70. The van der Waals surface area contributed by atoms with Crippen molar-refractivity contribution in [2.45, 2.75) is 50.0 Å². The van der Waals surface area contributed by atoms with Gasteiger partial charge in [-0.3, -0.25) is 14.5 Å². The highest BCUT2D eigenvalue weighted by atomic mass is 35.5. The van der Waals surface area contributed by atoms with Crippen molar-refractivity contribution in [1.29, 1.82) is 0 Å². The number of benzene rings is 2. The normalized spacial score (nSPS) is 25.3. The fourth-order valence-electron chi connectivity index (χ4n) is 6.38. The number of hydrogen-bond donors (Lipinski definition) is 2. The molecule has 1 aliphatic carbocycles. The Kier molecular flexibility index (Phi) is 5.83. The summed E-state index contributed by atoms with van der Waals surface area (Å²) in [7, 11) is 0. The van der Waals surface area contributed by atoms with Gasteiger partial charge < -0.3 is 15.5 Å². The van der Waals surface area contributed by atoms with Gasteiger partial charge >= 0.3 is 0 Å². The second-order valence-corrected chi connectivity index (χ2v) is 9.70. The lowest BCUT2D eigenvalue weighted by atomic mass is 9.68. The van der Waals surface area contributed by atoms with Crippen molar-refractivity contribution in [2.75, 3.05) is 41.7 Å². The maximum absolute atomic E-state index is 13.0. The van der Waals surface area contributed by atoms with Crippen molar-refractivity contribution in [1.82, 2.24) is 4.90 Å². The van der Waals surface area contributed by atoms with E-state index >= 15 is 0 Å². The molecule has 3 heterocycles. The van der Waals surface area contributed by atoms with Gasteiger partial charge in [0.25, 0.3) is 0 Å². The molecular formula is C26H31ClN4O2. The van der Waals surface area contributed by atoms with Crippen LogP contribution in [0.5, 0.6) is 0 Å². The summed E-state index contributed by atoms with van der Waals surface area (Å²) in [5, 5.41) is 6.23. The van der Waals surface area contributed by atoms with Gasteiger partial charge in [0.1, 0.15) is 6.04 Å². The van der Waals surface area contributed by atoms with Crippen LogP contribution in [0.15, 0.2) is 42.5 Å². The Morgan fingerprint density at radius 1 is 0.970 bits per heavy atom. The number of piperazine rings is 1. The third kappa shape index (κ3) is 3.60. The molecule has 1 saturated heterocycles. The number of fused-ring (bicyclic) bond motifs is 3. The van der Waals surface area contributed by atoms with Crippen LogP contribution in [-0.4, -0.2) is 48.9 Å². The largest absolute Gasteiger partial charge is 0.355 e. The van der Waals surface area contributed by atoms with E-state index in [9.17, 15) is 9.59 Å². The van der Waals surface area contributed by atoms with Crippen molar-refractivity contribution in [3.05, 3.63) is 53.6 Å². The SMILES string of the molecule is Cl.O=C1Nc2ccccc2N2CCN(CCCCC34CCCc5cccc(c53)NC4=O)CC12. The summed E-state index contributed by atoms with van der Waals surface area (Å²) in [5.74, 6) is 0.298. The summed E-state index contributed by atoms with van der Waals surface area (Å²) in [4.78, 5) is 30.4. The van der Waals surface area contributed by atoms with Gasteiger partial charge in [0.2, 0.25) is 11.8 Å². The van der Waals surface area contributed by atoms with Gasteiger partial charge in [-0.1, -0.05) is 30.7 Å². The first-order valence-electron chi connectivity index (χ1n) is 12.0. The molecule has 174 valence electrons. The van der Waals surface area contributed by atoms with Crippen LogP contribution >= 0.6 is 12.4 Å². The lowest BCUT2D eigenvalue weighted by Crippen LogP contribution is -2.60. The summed E-state index contributed by atoms with van der Waals surface area (Å²) in [5.41, 5.74) is 5.40. The quantitative estimate of drug-likeness (QED) is 0.655. The number of halogens is 1. The number of anilines is 3. The fraction of sp³-hybridized carbons (Fsp3) is 0.462. The van der Waals surface area contributed by atoms with E-state index in [4.69, 9.17) is 0 Å². The smallest absolute Gasteiger partial charge is 0.248 e. The van der Waals surface area contributed by atoms with Crippen LogP contribution in [0, 0.1) is 0 Å². The predicted octanol–water partition coefficient (Wildman–Crippen LogP) is 3.95. The van der Waals surface area contributed by atoms with E-state index in [0.717, 1.165) is 81.8 Å². The molecule has 7 heteroatoms. The zero-order valence-corrected chi connectivity index (χ0v) is 19.6. The molecule has 0 spiro atoms. The Morgan fingerprint density at radius 3 is 2.73 bits per heavy atom. The molecule has 1 fully saturated rings. The molecule has 33 heavy (non-hydrogen) atoms. The van der Waals surface area contributed by atoms with Crippen molar-refractivity contribution in [2.24, 2.45) is 0 Å². The van der Waals surface area contributed by atoms with E-state index in [1.165, 1.54) is 11.1 Å². The minimum Gasteiger partial charge on any atom is -0.355 e. The number of hydrogen-bond acceptors (Lipinski definition) is 4. The third-order valence-corrected chi connectivity index (χ3v) is 7.93. The number of nitrogens with one attached hydrogen (secondary N) is 2. The van der Waals surface area contributed by atoms with Gasteiger partial charge in [0.05, 0.1) is 16.8 Å². The lowest BCUT2D eigenvalue weighted by molar-refractivity contribution is -0.121. The third-order valence-electron chi connectivity index (χ3n) is 7.93. The summed E-state index contributed by atoms with van der Waals surface area (Å²) < 4.78 is 0. The zero-order chi connectivity index (χ0) is 21.7. The first kappa shape index (κ1) is 22.2. The molecule has 4 aliphatic rings. The van der Waals surface area contributed by atoms with Gasteiger partial charge in [-0.2, -0.15) is 0 Å². The maximum atomic E-state index is 13.0. The molecule has 0 radical (unpaired) electrons. The highest BCUT2D eigenvalue weighted by Gasteiger charge is 2.48. The highest BCUT2D eigenvalue weighted by Crippen LogP contribution is 2.49. The van der Waals surface area contributed by atoms with E-state index in [0.29, 0.717) is 0 Å². The zero-order valence-electron chi connectivity index (χ0n) is 18.8. The fourth-order valence-corrected chi connectivity index (χ4v) is 6.38. The number of carbonyl (C=O) groups excluding carboxylic acids is 2. The average Bonchev–Trinajstić information content (AvgIpc) is 3.10. The molecule has 0 bridgehead atoms. The molecule has 0 aromatic heterocycles. The van der Waals surface area contributed by atoms with Crippen molar-refractivity contribution >= 4 is 41.3 Å². The van der Waals surface area contributed by atoms with Gasteiger partial charge in [-0.25, -0.2) is 0 Å². The monoisotopic (exact) mass is 466 g/mol. The number of rotatable bonds is 5. The van der Waals surface area contributed by atoms with Gasteiger partial charge in [0, 0.05) is 25.3 Å². The van der Waals surface area contributed by atoms with Crippen LogP contribution in [0.1, 0.15) is 43.2 Å². The van der Waals surface area contributed by atoms with Gasteiger partial charge in [-0.15, -0.1) is 12.4 Å². The minimum atomic E-state index is -0.324. The molecular weight excluding hydrogens is 436 g/mol. The first-order valence-corrected chi connectivity index (χ1v) is 12.0. The average molecular weight is 467 g/mol. The molecule has 2 amide bonds. The topological polar surface area (TPSA) is 64.7 Å². The molecule has 6 nitrogen and oxygen atoms in total. The van der Waals surface area contributed by atoms with E-state index in [-0.39, 0.29) is 35.7 Å². The van der Waals surface area contributed by atoms with Crippen molar-refractivity contribution in [3.8, 4) is 0 Å². The summed E-state index contributed by atoms with van der Waals surface area (Å²) in [6.07, 6.45) is 6.13. The molecule has 2 aromatic rings. The number of para-hydroxylation sites is 2. The molecule has 2 atom stereocenters. The highest BCUT2D eigenvalue weighted by molar-refractivity contribution is 6.07. The van der Waals surface area contributed by atoms with Crippen LogP contribution in [0.2, 0.25) is 0 Å². The van der Waals surface area contributed by atoms with E-state index in [1.54, 1.807) is 0 Å². The molecule has 6 rings (SSSR count). The standard InChI is InChI=1S/C26H30N4O2.ClH/c31-24-22-17-29(15-16-30(22)21-11-2-1-9-19(21)27-24)14-4-3-12-26-13-6-8-18-7-5-10-20(23(18)26)28-25(26)32;/h1-2,5,7,9-11,22H,3-4,6,8,12-17H2,(H,27,31)(H,28,32);1H. The number of aryl methyl sites for hydroxylation is 1. The predicted molar refractivity (Wildman–Crippen MR) is 133 cm³/mol. The number of carbonyl (C=O) groups is 2. The van der Waals surface area contributed by atoms with E-state index in [1.807, 2.05) is 18.2 Å². The lowest BCUT2D eigenvalue weighted by Gasteiger charge is -2.45. The molecule has 0 saturated carbocycles. The Hall–Kier alpha value is -2.57. The van der Waals surface area contributed by atoms with Crippen molar-refractivity contribution < 1.29 is 9.59 Å². The van der Waals surface area contributed by atoms with E-state index < -0.39 is 0 Å². The summed E-state index contributed by atoms with van der Waals surface area (Å²) >= 11 is 0. The van der Waals surface area contributed by atoms with Crippen LogP contribution in [-0.2, 0) is 21.4 Å². The molecule has 2 N–H and O–H groups in total. The Labute approximate surface area is 201 Å². The molecule has 3 aliphatic heterocycles. The Morgan fingerprint density at radius 2 is 1.82 bits per heavy atom. The van der Waals surface area contributed by atoms with Gasteiger partial charge in [-0.05, 0) is 68.0 Å². The minimum absolute atomic E-state index is 0. The Bertz CT molecular complexity index is 1090. The van der Waals surface area contributed by atoms with Crippen LogP contribution in [0.3, 0.4) is 0 Å². The maximum Gasteiger partial charge on any atom is 0.248 e. The Balaban J connectivity index is 0.00000228. The summed E-state index contributed by atoms with van der Waals surface area (Å²) in [6.45, 7) is 3.58.